The second-order valence-electron chi connectivity index (χ2n) is 12.8. The SMILES string of the molecule is CC1(C)c2cc(C#N)ccc2-c2c1ccc1c2C(C)(C)c2cc(-c3nc(-c4ccccc4)nc(-c4ccccc4)n3)ccc2-1. The van der Waals surface area contributed by atoms with E-state index in [0.717, 1.165) is 16.7 Å². The maximum Gasteiger partial charge on any atom is 0.164 e. The first-order valence-corrected chi connectivity index (χ1v) is 15.0. The summed E-state index contributed by atoms with van der Waals surface area (Å²) in [5.41, 5.74) is 13.4. The van der Waals surface area contributed by atoms with Gasteiger partial charge in [-0.1, -0.05) is 119 Å². The minimum atomic E-state index is -0.255. The molecule has 0 bridgehead atoms. The maximum absolute atomic E-state index is 9.63. The van der Waals surface area contributed by atoms with Gasteiger partial charge in [-0.2, -0.15) is 5.26 Å². The van der Waals surface area contributed by atoms with E-state index >= 15 is 0 Å². The van der Waals surface area contributed by atoms with Gasteiger partial charge in [-0.05, 0) is 62.7 Å². The summed E-state index contributed by atoms with van der Waals surface area (Å²) in [4.78, 5) is 14.9. The molecular formula is C40H30N4. The van der Waals surface area contributed by atoms with Gasteiger partial charge in [0.25, 0.3) is 0 Å². The summed E-state index contributed by atoms with van der Waals surface area (Å²) in [6, 6.07) is 39.9. The van der Waals surface area contributed by atoms with Crippen molar-refractivity contribution in [2.45, 2.75) is 38.5 Å². The molecular weight excluding hydrogens is 536 g/mol. The first-order chi connectivity index (χ1) is 21.3. The number of hydrogen-bond donors (Lipinski definition) is 0. The number of benzene rings is 5. The second kappa shape index (κ2) is 9.30. The van der Waals surface area contributed by atoms with Crippen LogP contribution in [0.3, 0.4) is 0 Å². The van der Waals surface area contributed by atoms with Crippen LogP contribution in [0.5, 0.6) is 0 Å². The van der Waals surface area contributed by atoms with Crippen molar-refractivity contribution in [3.63, 3.8) is 0 Å². The molecule has 44 heavy (non-hydrogen) atoms. The molecule has 1 heterocycles. The summed E-state index contributed by atoms with van der Waals surface area (Å²) in [6.45, 7) is 9.20. The highest BCUT2D eigenvalue weighted by atomic mass is 15.0. The Hall–Kier alpha value is -5.40. The lowest BCUT2D eigenvalue weighted by atomic mass is 9.77. The molecule has 2 aliphatic carbocycles. The molecule has 0 fully saturated rings. The third-order valence-electron chi connectivity index (χ3n) is 9.54. The van der Waals surface area contributed by atoms with Crippen LogP contribution in [-0.4, -0.2) is 15.0 Å². The first kappa shape index (κ1) is 26.2. The molecule has 0 saturated heterocycles. The fourth-order valence-electron chi connectivity index (χ4n) is 7.28. The molecule has 0 amide bonds. The van der Waals surface area contributed by atoms with Crippen molar-refractivity contribution in [1.29, 1.82) is 5.26 Å². The Morgan fingerprint density at radius 1 is 0.500 bits per heavy atom. The third-order valence-corrected chi connectivity index (χ3v) is 9.54. The molecule has 210 valence electrons. The van der Waals surface area contributed by atoms with Gasteiger partial charge < -0.3 is 0 Å². The molecule has 5 aromatic carbocycles. The number of nitrogens with zero attached hydrogens (tertiary/aromatic N) is 4. The van der Waals surface area contributed by atoms with Crippen LogP contribution in [-0.2, 0) is 10.8 Å². The molecule has 0 aliphatic heterocycles. The van der Waals surface area contributed by atoms with Crippen molar-refractivity contribution in [1.82, 2.24) is 15.0 Å². The average Bonchev–Trinajstić information content (AvgIpc) is 3.44. The van der Waals surface area contributed by atoms with Gasteiger partial charge in [0, 0.05) is 27.5 Å². The molecule has 0 saturated carbocycles. The molecule has 0 atom stereocenters. The Bertz CT molecular complexity index is 2110. The Morgan fingerprint density at radius 2 is 1.05 bits per heavy atom. The van der Waals surface area contributed by atoms with Crippen molar-refractivity contribution >= 4 is 0 Å². The highest BCUT2D eigenvalue weighted by molar-refractivity contribution is 5.94. The number of fused-ring (bicyclic) bond motifs is 7. The van der Waals surface area contributed by atoms with Crippen molar-refractivity contribution in [3.05, 3.63) is 137 Å². The van der Waals surface area contributed by atoms with Crippen molar-refractivity contribution in [2.24, 2.45) is 0 Å². The summed E-state index contributed by atoms with van der Waals surface area (Å²) in [7, 11) is 0. The fourth-order valence-corrected chi connectivity index (χ4v) is 7.28. The van der Waals surface area contributed by atoms with Crippen LogP contribution in [0, 0.1) is 11.3 Å². The summed E-state index contributed by atoms with van der Waals surface area (Å²) in [5.74, 6) is 1.98. The summed E-state index contributed by atoms with van der Waals surface area (Å²) < 4.78 is 0. The standard InChI is InChI=1S/C40H30N4/c1-39(2)31-20-19-29-28-18-16-27(22-33(28)40(3,4)35(29)34(31)30-17-15-24(23-41)21-32(30)39)38-43-36(25-11-7-5-8-12-25)42-37(44-38)26-13-9-6-10-14-26/h5-22H,1-4H3. The van der Waals surface area contributed by atoms with Crippen molar-refractivity contribution < 1.29 is 0 Å². The molecule has 4 heteroatoms. The topological polar surface area (TPSA) is 62.5 Å². The van der Waals surface area contributed by atoms with Crippen LogP contribution < -0.4 is 0 Å². The highest BCUT2D eigenvalue weighted by Gasteiger charge is 2.44. The Labute approximate surface area is 257 Å². The van der Waals surface area contributed by atoms with E-state index in [1.165, 1.54) is 44.5 Å². The predicted molar refractivity (Wildman–Crippen MR) is 176 cm³/mol. The lowest BCUT2D eigenvalue weighted by Crippen LogP contribution is -2.18. The van der Waals surface area contributed by atoms with E-state index in [0.29, 0.717) is 23.0 Å². The van der Waals surface area contributed by atoms with E-state index in [4.69, 9.17) is 15.0 Å². The van der Waals surface area contributed by atoms with Crippen LogP contribution in [0.2, 0.25) is 0 Å². The van der Waals surface area contributed by atoms with Crippen molar-refractivity contribution in [2.75, 3.05) is 0 Å². The quantitative estimate of drug-likeness (QED) is 0.214. The molecule has 0 radical (unpaired) electrons. The van der Waals surface area contributed by atoms with Crippen LogP contribution in [0.1, 0.15) is 55.5 Å². The molecule has 6 aromatic rings. The summed E-state index contributed by atoms with van der Waals surface area (Å²) >= 11 is 0. The zero-order valence-electron chi connectivity index (χ0n) is 25.2. The van der Waals surface area contributed by atoms with Gasteiger partial charge in [0.2, 0.25) is 0 Å². The average molecular weight is 567 g/mol. The van der Waals surface area contributed by atoms with E-state index in [1.54, 1.807) is 0 Å². The minimum Gasteiger partial charge on any atom is -0.208 e. The lowest BCUT2D eigenvalue weighted by molar-refractivity contribution is 0.647. The normalized spacial score (nSPS) is 14.7. The minimum absolute atomic E-state index is 0.185. The van der Waals surface area contributed by atoms with E-state index < -0.39 is 0 Å². The van der Waals surface area contributed by atoms with Gasteiger partial charge >= 0.3 is 0 Å². The van der Waals surface area contributed by atoms with Gasteiger partial charge in [0.15, 0.2) is 17.5 Å². The zero-order valence-corrected chi connectivity index (χ0v) is 25.2. The van der Waals surface area contributed by atoms with E-state index in [2.05, 4.69) is 76.2 Å². The summed E-state index contributed by atoms with van der Waals surface area (Å²) in [6.07, 6.45) is 0. The van der Waals surface area contributed by atoms with Gasteiger partial charge in [0.1, 0.15) is 0 Å². The van der Waals surface area contributed by atoms with Crippen LogP contribution in [0.25, 0.3) is 56.4 Å². The van der Waals surface area contributed by atoms with Crippen LogP contribution in [0.4, 0.5) is 0 Å². The largest absolute Gasteiger partial charge is 0.208 e. The van der Waals surface area contributed by atoms with Gasteiger partial charge in [-0.15, -0.1) is 0 Å². The predicted octanol–water partition coefficient (Wildman–Crippen LogP) is 9.36. The van der Waals surface area contributed by atoms with Crippen molar-refractivity contribution in [3.8, 4) is 62.5 Å². The third kappa shape index (κ3) is 3.72. The monoisotopic (exact) mass is 566 g/mol. The zero-order chi connectivity index (χ0) is 30.2. The van der Waals surface area contributed by atoms with Gasteiger partial charge in [-0.25, -0.2) is 15.0 Å². The number of hydrogen-bond acceptors (Lipinski definition) is 4. The number of rotatable bonds is 3. The number of nitriles is 1. The smallest absolute Gasteiger partial charge is 0.164 e. The molecule has 0 N–H and O–H groups in total. The Kier molecular flexibility index (Phi) is 5.55. The molecule has 4 nitrogen and oxygen atoms in total. The fraction of sp³-hybridized carbons (Fsp3) is 0.150. The molecule has 2 aliphatic rings. The maximum atomic E-state index is 9.63. The Morgan fingerprint density at radius 3 is 1.66 bits per heavy atom. The molecule has 0 spiro atoms. The second-order valence-corrected chi connectivity index (χ2v) is 12.8. The molecule has 8 rings (SSSR count). The first-order valence-electron chi connectivity index (χ1n) is 15.0. The Balaban J connectivity index is 1.30. The van der Waals surface area contributed by atoms with E-state index in [1.807, 2.05) is 66.7 Å². The highest BCUT2D eigenvalue weighted by Crippen LogP contribution is 2.59. The molecule has 0 unspecified atom stereocenters. The lowest BCUT2D eigenvalue weighted by Gasteiger charge is -2.26. The molecule has 1 aromatic heterocycles. The number of aromatic nitrogens is 3. The van der Waals surface area contributed by atoms with Gasteiger partial charge in [-0.3, -0.25) is 0 Å². The van der Waals surface area contributed by atoms with E-state index in [9.17, 15) is 5.26 Å². The van der Waals surface area contributed by atoms with Crippen LogP contribution in [0.15, 0.2) is 109 Å². The van der Waals surface area contributed by atoms with E-state index in [-0.39, 0.29) is 10.8 Å². The van der Waals surface area contributed by atoms with Crippen LogP contribution >= 0.6 is 0 Å². The van der Waals surface area contributed by atoms with Gasteiger partial charge in [0.05, 0.1) is 11.6 Å². The summed E-state index contributed by atoms with van der Waals surface area (Å²) in [5, 5.41) is 9.63.